The molecular formula is C19H20ClNO5. The van der Waals surface area contributed by atoms with Crippen LogP contribution in [0.4, 0.5) is 5.69 Å². The molecule has 0 saturated carbocycles. The van der Waals surface area contributed by atoms with Gasteiger partial charge in [0.1, 0.15) is 0 Å². The van der Waals surface area contributed by atoms with Crippen molar-refractivity contribution < 1.29 is 23.8 Å². The Morgan fingerprint density at radius 1 is 1.08 bits per heavy atom. The minimum absolute atomic E-state index is 0.159. The van der Waals surface area contributed by atoms with Crippen molar-refractivity contribution in [3.63, 3.8) is 0 Å². The van der Waals surface area contributed by atoms with Crippen molar-refractivity contribution in [1.82, 2.24) is 0 Å². The normalized spacial score (nSPS) is 10.2. The zero-order valence-electron chi connectivity index (χ0n) is 15.0. The van der Waals surface area contributed by atoms with Crippen molar-refractivity contribution in [2.24, 2.45) is 0 Å². The smallest absolute Gasteiger partial charge is 0.338 e. The summed E-state index contributed by atoms with van der Waals surface area (Å²) < 4.78 is 15.3. The maximum Gasteiger partial charge on any atom is 0.338 e. The number of nitrogens with one attached hydrogen (secondary N) is 1. The Morgan fingerprint density at radius 2 is 1.81 bits per heavy atom. The maximum atomic E-state index is 12.2. The van der Waals surface area contributed by atoms with Gasteiger partial charge in [-0.25, -0.2) is 4.79 Å². The first-order valence-electron chi connectivity index (χ1n) is 7.81. The third-order valence-corrected chi connectivity index (χ3v) is 3.95. The minimum atomic E-state index is -0.691. The van der Waals surface area contributed by atoms with E-state index in [1.165, 1.54) is 26.4 Å². The van der Waals surface area contributed by atoms with Crippen LogP contribution in [-0.4, -0.2) is 32.7 Å². The molecule has 0 atom stereocenters. The van der Waals surface area contributed by atoms with Gasteiger partial charge >= 0.3 is 5.97 Å². The number of aryl methyl sites for hydroxylation is 2. The lowest BCUT2D eigenvalue weighted by Crippen LogP contribution is -2.21. The Kier molecular flexibility index (Phi) is 6.46. The van der Waals surface area contributed by atoms with Gasteiger partial charge in [-0.15, -0.1) is 0 Å². The molecule has 0 bridgehead atoms. The number of hydrogen-bond acceptors (Lipinski definition) is 5. The molecule has 2 rings (SSSR count). The number of benzene rings is 2. The zero-order valence-corrected chi connectivity index (χ0v) is 15.8. The summed E-state index contributed by atoms with van der Waals surface area (Å²) in [6.07, 6.45) is 0. The highest BCUT2D eigenvalue weighted by molar-refractivity contribution is 6.32. The Bertz CT molecular complexity index is 835. The molecule has 0 aliphatic rings. The van der Waals surface area contributed by atoms with Crippen molar-refractivity contribution in [1.29, 1.82) is 0 Å². The van der Waals surface area contributed by atoms with Crippen molar-refractivity contribution in [2.75, 3.05) is 26.1 Å². The van der Waals surface area contributed by atoms with Crippen molar-refractivity contribution in [2.45, 2.75) is 13.8 Å². The van der Waals surface area contributed by atoms with Gasteiger partial charge in [0.2, 0.25) is 0 Å². The molecule has 0 aromatic heterocycles. The molecule has 1 amide bonds. The molecule has 0 unspecified atom stereocenters. The first-order valence-corrected chi connectivity index (χ1v) is 8.19. The molecule has 2 aromatic rings. The minimum Gasteiger partial charge on any atom is -0.493 e. The monoisotopic (exact) mass is 377 g/mol. The second kappa shape index (κ2) is 8.58. The van der Waals surface area contributed by atoms with E-state index in [2.05, 4.69) is 5.32 Å². The van der Waals surface area contributed by atoms with E-state index in [-0.39, 0.29) is 10.6 Å². The van der Waals surface area contributed by atoms with Crippen LogP contribution in [0.1, 0.15) is 21.5 Å². The van der Waals surface area contributed by atoms with Crippen molar-refractivity contribution in [3.8, 4) is 11.5 Å². The number of rotatable bonds is 6. The van der Waals surface area contributed by atoms with E-state index in [0.717, 1.165) is 11.1 Å². The molecule has 0 heterocycles. The van der Waals surface area contributed by atoms with Crippen molar-refractivity contribution >= 4 is 29.2 Å². The number of halogens is 1. The standard InChI is InChI=1S/C19H20ClNO5/c1-11-5-6-12(2)15(7-11)21-17(22)10-26-19(23)13-8-14(20)18(25-4)16(9-13)24-3/h5-9H,10H2,1-4H3,(H,21,22). The van der Waals surface area contributed by atoms with Crippen LogP contribution in [0, 0.1) is 13.8 Å². The molecule has 2 aromatic carbocycles. The predicted octanol–water partition coefficient (Wildman–Crippen LogP) is 3.77. The van der Waals surface area contributed by atoms with Crippen LogP contribution in [0.2, 0.25) is 5.02 Å². The molecule has 6 nitrogen and oxygen atoms in total. The fraction of sp³-hybridized carbons (Fsp3) is 0.263. The lowest BCUT2D eigenvalue weighted by atomic mass is 10.1. The number of carbonyl (C=O) groups excluding carboxylic acids is 2. The molecule has 0 aliphatic carbocycles. The average molecular weight is 378 g/mol. The highest BCUT2D eigenvalue weighted by atomic mass is 35.5. The molecule has 0 spiro atoms. The predicted molar refractivity (Wildman–Crippen MR) is 99.4 cm³/mol. The molecule has 0 saturated heterocycles. The van der Waals surface area contributed by atoms with Gasteiger partial charge in [0.15, 0.2) is 18.1 Å². The molecule has 0 fully saturated rings. The number of hydrogen-bond donors (Lipinski definition) is 1. The molecule has 0 radical (unpaired) electrons. The summed E-state index contributed by atoms with van der Waals surface area (Å²) in [5, 5.41) is 2.93. The number of amides is 1. The van der Waals surface area contributed by atoms with Gasteiger partial charge in [-0.2, -0.15) is 0 Å². The number of methoxy groups -OCH3 is 2. The topological polar surface area (TPSA) is 73.9 Å². The molecule has 138 valence electrons. The summed E-state index contributed by atoms with van der Waals surface area (Å²) in [6.45, 7) is 3.39. The van der Waals surface area contributed by atoms with Gasteiger partial charge in [-0.05, 0) is 43.2 Å². The largest absolute Gasteiger partial charge is 0.493 e. The Morgan fingerprint density at radius 3 is 2.46 bits per heavy atom. The second-order valence-electron chi connectivity index (χ2n) is 5.64. The fourth-order valence-corrected chi connectivity index (χ4v) is 2.59. The van der Waals surface area contributed by atoms with Crippen LogP contribution < -0.4 is 14.8 Å². The number of carbonyl (C=O) groups is 2. The first kappa shape index (κ1) is 19.6. The quantitative estimate of drug-likeness (QED) is 0.776. The van der Waals surface area contributed by atoms with E-state index in [1.54, 1.807) is 0 Å². The zero-order chi connectivity index (χ0) is 19.3. The fourth-order valence-electron chi connectivity index (χ4n) is 2.31. The number of esters is 1. The molecule has 26 heavy (non-hydrogen) atoms. The van der Waals surface area contributed by atoms with E-state index >= 15 is 0 Å². The summed E-state index contributed by atoms with van der Waals surface area (Å²) in [4.78, 5) is 24.2. The summed E-state index contributed by atoms with van der Waals surface area (Å²) in [6, 6.07) is 8.54. The first-order chi connectivity index (χ1) is 12.3. The van der Waals surface area contributed by atoms with Crippen molar-refractivity contribution in [3.05, 3.63) is 52.0 Å². The lowest BCUT2D eigenvalue weighted by molar-refractivity contribution is -0.119. The molecule has 7 heteroatoms. The number of anilines is 1. The summed E-state index contributed by atoms with van der Waals surface area (Å²) in [5.74, 6) is -0.507. The highest BCUT2D eigenvalue weighted by Crippen LogP contribution is 2.36. The Balaban J connectivity index is 2.03. The molecule has 0 aliphatic heterocycles. The second-order valence-corrected chi connectivity index (χ2v) is 6.04. The van der Waals surface area contributed by atoms with Crippen LogP contribution >= 0.6 is 11.6 Å². The van der Waals surface area contributed by atoms with Gasteiger partial charge in [0, 0.05) is 5.69 Å². The third kappa shape index (κ3) is 4.67. The van der Waals surface area contributed by atoms with Crippen LogP contribution in [0.15, 0.2) is 30.3 Å². The van der Waals surface area contributed by atoms with Gasteiger partial charge in [0.05, 0.1) is 24.8 Å². The SMILES string of the molecule is COc1cc(C(=O)OCC(=O)Nc2cc(C)ccc2C)cc(Cl)c1OC. The summed E-state index contributed by atoms with van der Waals surface area (Å²) in [5.41, 5.74) is 2.78. The van der Waals surface area contributed by atoms with Crippen LogP contribution in [0.25, 0.3) is 0 Å². The average Bonchev–Trinajstić information content (AvgIpc) is 2.61. The molecule has 1 N–H and O–H groups in total. The van der Waals surface area contributed by atoms with E-state index < -0.39 is 18.5 Å². The van der Waals surface area contributed by atoms with Gasteiger partial charge in [0.25, 0.3) is 5.91 Å². The van der Waals surface area contributed by atoms with E-state index in [9.17, 15) is 9.59 Å². The lowest BCUT2D eigenvalue weighted by Gasteiger charge is -2.12. The Labute approximate surface area is 157 Å². The van der Waals surface area contributed by atoms with Crippen LogP contribution in [-0.2, 0) is 9.53 Å². The third-order valence-electron chi connectivity index (χ3n) is 3.67. The van der Waals surface area contributed by atoms with E-state index in [1.807, 2.05) is 32.0 Å². The summed E-state index contributed by atoms with van der Waals surface area (Å²) >= 11 is 6.07. The highest BCUT2D eigenvalue weighted by Gasteiger charge is 2.17. The van der Waals surface area contributed by atoms with Gasteiger partial charge in [-0.3, -0.25) is 4.79 Å². The van der Waals surface area contributed by atoms with E-state index in [0.29, 0.717) is 17.2 Å². The Hall–Kier alpha value is -2.73. The van der Waals surface area contributed by atoms with Crippen LogP contribution in [0.5, 0.6) is 11.5 Å². The van der Waals surface area contributed by atoms with E-state index in [4.69, 9.17) is 25.8 Å². The molecular weight excluding hydrogens is 358 g/mol. The number of ether oxygens (including phenoxy) is 3. The van der Waals surface area contributed by atoms with Gasteiger partial charge in [-0.1, -0.05) is 23.7 Å². The maximum absolute atomic E-state index is 12.2. The van der Waals surface area contributed by atoms with Crippen LogP contribution in [0.3, 0.4) is 0 Å². The van der Waals surface area contributed by atoms with Gasteiger partial charge < -0.3 is 19.5 Å². The summed E-state index contributed by atoms with van der Waals surface area (Å²) in [7, 11) is 2.88.